The van der Waals surface area contributed by atoms with Crippen molar-refractivity contribution in [3.63, 3.8) is 0 Å². The maximum atomic E-state index is 8.91. The SMILES string of the molecule is CC/C=C/C=C/C=C/C=C/C=C/OCC(C)O. The highest BCUT2D eigenvalue weighted by Crippen LogP contribution is 1.87. The van der Waals surface area contributed by atoms with Crippen molar-refractivity contribution < 1.29 is 9.84 Å². The molecule has 0 amide bonds. The second-order valence-electron chi connectivity index (χ2n) is 3.50. The molecular weight excluding hydrogens is 212 g/mol. The second kappa shape index (κ2) is 12.5. The summed E-state index contributed by atoms with van der Waals surface area (Å²) in [4.78, 5) is 0. The molecule has 1 atom stereocenters. The van der Waals surface area contributed by atoms with Crippen LogP contribution in [0.1, 0.15) is 20.3 Å². The van der Waals surface area contributed by atoms with Crippen molar-refractivity contribution in [3.05, 3.63) is 60.9 Å². The van der Waals surface area contributed by atoms with Gasteiger partial charge >= 0.3 is 0 Å². The van der Waals surface area contributed by atoms with Gasteiger partial charge in [0.1, 0.15) is 6.61 Å². The van der Waals surface area contributed by atoms with Crippen molar-refractivity contribution in [1.82, 2.24) is 0 Å². The Balaban J connectivity index is 3.62. The highest BCUT2D eigenvalue weighted by molar-refractivity contribution is 5.17. The van der Waals surface area contributed by atoms with E-state index in [0.29, 0.717) is 6.61 Å². The highest BCUT2D eigenvalue weighted by atomic mass is 16.5. The van der Waals surface area contributed by atoms with Crippen LogP contribution >= 0.6 is 0 Å². The largest absolute Gasteiger partial charge is 0.499 e. The minimum atomic E-state index is -0.426. The minimum Gasteiger partial charge on any atom is -0.499 e. The van der Waals surface area contributed by atoms with E-state index >= 15 is 0 Å². The molecule has 2 nitrogen and oxygen atoms in total. The summed E-state index contributed by atoms with van der Waals surface area (Å²) in [5.41, 5.74) is 0. The van der Waals surface area contributed by atoms with Crippen molar-refractivity contribution in [3.8, 4) is 0 Å². The Bertz CT molecular complexity index is 294. The topological polar surface area (TPSA) is 29.5 Å². The fourth-order valence-corrected chi connectivity index (χ4v) is 0.895. The molecule has 0 bridgehead atoms. The van der Waals surface area contributed by atoms with Crippen LogP contribution in [0.2, 0.25) is 0 Å². The zero-order valence-electron chi connectivity index (χ0n) is 10.6. The Morgan fingerprint density at radius 1 is 0.941 bits per heavy atom. The van der Waals surface area contributed by atoms with Gasteiger partial charge in [0.25, 0.3) is 0 Å². The first kappa shape index (κ1) is 15.5. The first-order chi connectivity index (χ1) is 8.27. The fourth-order valence-electron chi connectivity index (χ4n) is 0.895. The van der Waals surface area contributed by atoms with Crippen LogP contribution in [-0.4, -0.2) is 17.8 Å². The Morgan fingerprint density at radius 3 is 2.00 bits per heavy atom. The van der Waals surface area contributed by atoms with E-state index < -0.39 is 6.10 Å². The molecule has 0 spiro atoms. The molecule has 0 saturated heterocycles. The van der Waals surface area contributed by atoms with E-state index in [1.807, 2.05) is 42.5 Å². The molecule has 0 aliphatic heterocycles. The molecule has 0 aliphatic carbocycles. The van der Waals surface area contributed by atoms with Gasteiger partial charge < -0.3 is 9.84 Å². The molecule has 0 fully saturated rings. The summed E-state index contributed by atoms with van der Waals surface area (Å²) in [7, 11) is 0. The molecule has 2 heteroatoms. The number of hydrogen-bond donors (Lipinski definition) is 1. The van der Waals surface area contributed by atoms with Gasteiger partial charge in [-0.2, -0.15) is 0 Å². The lowest BCUT2D eigenvalue weighted by Crippen LogP contribution is -2.06. The number of allylic oxidation sites excluding steroid dienone is 9. The molecular formula is C15H22O2. The Labute approximate surface area is 104 Å². The summed E-state index contributed by atoms with van der Waals surface area (Å²) >= 11 is 0. The van der Waals surface area contributed by atoms with Gasteiger partial charge in [0.05, 0.1) is 12.4 Å². The van der Waals surface area contributed by atoms with Gasteiger partial charge in [-0.3, -0.25) is 0 Å². The summed E-state index contributed by atoms with van der Waals surface area (Å²) in [6, 6.07) is 0. The number of hydrogen-bond acceptors (Lipinski definition) is 2. The first-order valence-electron chi connectivity index (χ1n) is 5.88. The highest BCUT2D eigenvalue weighted by Gasteiger charge is 1.89. The van der Waals surface area contributed by atoms with E-state index in [9.17, 15) is 0 Å². The van der Waals surface area contributed by atoms with E-state index in [4.69, 9.17) is 9.84 Å². The van der Waals surface area contributed by atoms with Crippen molar-refractivity contribution in [2.24, 2.45) is 0 Å². The maximum Gasteiger partial charge on any atom is 0.113 e. The van der Waals surface area contributed by atoms with Crippen LogP contribution in [0.15, 0.2) is 60.9 Å². The summed E-state index contributed by atoms with van der Waals surface area (Å²) in [6.45, 7) is 4.12. The van der Waals surface area contributed by atoms with Gasteiger partial charge in [0.15, 0.2) is 0 Å². The maximum absolute atomic E-state index is 8.91. The average Bonchev–Trinajstić information content (AvgIpc) is 2.30. The summed E-state index contributed by atoms with van der Waals surface area (Å²) in [5.74, 6) is 0. The summed E-state index contributed by atoms with van der Waals surface area (Å²) in [5, 5.41) is 8.91. The Kier molecular flexibility index (Phi) is 11.4. The number of ether oxygens (including phenoxy) is 1. The molecule has 0 heterocycles. The molecule has 0 aromatic rings. The number of aliphatic hydroxyl groups is 1. The lowest BCUT2D eigenvalue weighted by Gasteiger charge is -2.00. The van der Waals surface area contributed by atoms with Gasteiger partial charge in [0, 0.05) is 0 Å². The Morgan fingerprint density at radius 2 is 1.47 bits per heavy atom. The van der Waals surface area contributed by atoms with Crippen LogP contribution in [0.4, 0.5) is 0 Å². The van der Waals surface area contributed by atoms with Crippen LogP contribution in [0.3, 0.4) is 0 Å². The van der Waals surface area contributed by atoms with Gasteiger partial charge in [-0.15, -0.1) is 0 Å². The van der Waals surface area contributed by atoms with E-state index in [-0.39, 0.29) is 0 Å². The van der Waals surface area contributed by atoms with Crippen molar-refractivity contribution >= 4 is 0 Å². The zero-order valence-corrected chi connectivity index (χ0v) is 10.6. The Hall–Kier alpha value is -1.54. The van der Waals surface area contributed by atoms with E-state index in [1.165, 1.54) is 0 Å². The quantitative estimate of drug-likeness (QED) is 0.514. The van der Waals surface area contributed by atoms with Crippen molar-refractivity contribution in [1.29, 1.82) is 0 Å². The molecule has 0 aromatic carbocycles. The third kappa shape index (κ3) is 14.5. The normalized spacial score (nSPS) is 15.0. The van der Waals surface area contributed by atoms with Crippen LogP contribution in [0.25, 0.3) is 0 Å². The lowest BCUT2D eigenvalue weighted by molar-refractivity contribution is 0.0976. The molecule has 0 saturated carbocycles. The van der Waals surface area contributed by atoms with Gasteiger partial charge in [-0.1, -0.05) is 55.5 Å². The third-order valence-corrected chi connectivity index (χ3v) is 1.66. The molecule has 0 aliphatic rings. The smallest absolute Gasteiger partial charge is 0.113 e. The number of rotatable bonds is 8. The zero-order chi connectivity index (χ0) is 12.8. The lowest BCUT2D eigenvalue weighted by atomic mass is 10.3. The monoisotopic (exact) mass is 234 g/mol. The van der Waals surface area contributed by atoms with Crippen LogP contribution in [-0.2, 0) is 4.74 Å². The molecule has 1 unspecified atom stereocenters. The molecule has 0 rings (SSSR count). The summed E-state index contributed by atoms with van der Waals surface area (Å²) in [6.07, 6.45) is 19.8. The van der Waals surface area contributed by atoms with Crippen LogP contribution in [0, 0.1) is 0 Å². The van der Waals surface area contributed by atoms with Gasteiger partial charge in [0.2, 0.25) is 0 Å². The first-order valence-corrected chi connectivity index (χ1v) is 5.88. The standard InChI is InChI=1S/C15H22O2/c1-3-4-5-6-7-8-9-10-11-12-13-17-14-15(2)16/h4-13,15-16H,3,14H2,1-2H3/b5-4+,7-6+,9-8+,11-10+,13-12+. The molecule has 94 valence electrons. The molecule has 1 N–H and O–H groups in total. The third-order valence-electron chi connectivity index (χ3n) is 1.66. The van der Waals surface area contributed by atoms with Crippen LogP contribution in [0.5, 0.6) is 0 Å². The molecule has 17 heavy (non-hydrogen) atoms. The molecule has 0 radical (unpaired) electrons. The number of aliphatic hydroxyl groups excluding tert-OH is 1. The summed E-state index contributed by atoms with van der Waals surface area (Å²) < 4.78 is 5.04. The predicted molar refractivity (Wildman–Crippen MR) is 73.6 cm³/mol. The molecule has 0 aromatic heterocycles. The average molecular weight is 234 g/mol. The van der Waals surface area contributed by atoms with E-state index in [0.717, 1.165) is 6.42 Å². The second-order valence-corrected chi connectivity index (χ2v) is 3.50. The minimum absolute atomic E-state index is 0.326. The van der Waals surface area contributed by atoms with E-state index in [1.54, 1.807) is 19.3 Å². The van der Waals surface area contributed by atoms with Gasteiger partial charge in [-0.25, -0.2) is 0 Å². The van der Waals surface area contributed by atoms with Crippen molar-refractivity contribution in [2.45, 2.75) is 26.4 Å². The van der Waals surface area contributed by atoms with Gasteiger partial charge in [-0.05, 0) is 19.4 Å². The predicted octanol–water partition coefficient (Wildman–Crippen LogP) is 3.53. The van der Waals surface area contributed by atoms with Crippen LogP contribution < -0.4 is 0 Å². The van der Waals surface area contributed by atoms with Crippen molar-refractivity contribution in [2.75, 3.05) is 6.61 Å². The van der Waals surface area contributed by atoms with E-state index in [2.05, 4.69) is 13.0 Å². The fraction of sp³-hybridized carbons (Fsp3) is 0.333.